The summed E-state index contributed by atoms with van der Waals surface area (Å²) in [5, 5.41) is 10.8. The zero-order chi connectivity index (χ0) is 17.5. The Balaban J connectivity index is 1.93. The zero-order valence-corrected chi connectivity index (χ0v) is 15.2. The molecule has 0 unspecified atom stereocenters. The predicted molar refractivity (Wildman–Crippen MR) is 92.0 cm³/mol. The summed E-state index contributed by atoms with van der Waals surface area (Å²) in [6, 6.07) is 7.59. The van der Waals surface area contributed by atoms with Gasteiger partial charge in [0.25, 0.3) is 5.91 Å². The SMILES string of the molecule is COC(=O)CCCCNC(=O)c1nnn(-c2cccc(Br)c2)c1C. The van der Waals surface area contributed by atoms with Crippen molar-refractivity contribution >= 4 is 27.8 Å². The largest absolute Gasteiger partial charge is 0.469 e. The fourth-order valence-electron chi connectivity index (χ4n) is 2.17. The number of esters is 1. The third-order valence-electron chi connectivity index (χ3n) is 3.48. The summed E-state index contributed by atoms with van der Waals surface area (Å²) in [5.41, 5.74) is 1.79. The van der Waals surface area contributed by atoms with Crippen molar-refractivity contribution in [3.05, 3.63) is 40.1 Å². The van der Waals surface area contributed by atoms with E-state index in [9.17, 15) is 9.59 Å². The van der Waals surface area contributed by atoms with Crippen LogP contribution in [0.25, 0.3) is 5.69 Å². The lowest BCUT2D eigenvalue weighted by atomic mass is 10.2. The molecule has 0 bridgehead atoms. The molecule has 0 radical (unpaired) electrons. The van der Waals surface area contributed by atoms with Crippen LogP contribution in [-0.2, 0) is 9.53 Å². The molecule has 1 amide bonds. The van der Waals surface area contributed by atoms with Crippen LogP contribution < -0.4 is 5.32 Å². The van der Waals surface area contributed by atoms with E-state index < -0.39 is 0 Å². The average Bonchev–Trinajstić information content (AvgIpc) is 2.95. The van der Waals surface area contributed by atoms with Crippen LogP contribution in [0.4, 0.5) is 0 Å². The molecular weight excluding hydrogens is 376 g/mol. The lowest BCUT2D eigenvalue weighted by Gasteiger charge is -2.05. The highest BCUT2D eigenvalue weighted by Gasteiger charge is 2.17. The number of hydrogen-bond acceptors (Lipinski definition) is 5. The first-order valence-corrected chi connectivity index (χ1v) is 8.35. The van der Waals surface area contributed by atoms with Crippen molar-refractivity contribution in [2.45, 2.75) is 26.2 Å². The molecule has 0 atom stereocenters. The summed E-state index contributed by atoms with van der Waals surface area (Å²) in [7, 11) is 1.36. The van der Waals surface area contributed by atoms with E-state index in [1.54, 1.807) is 11.6 Å². The van der Waals surface area contributed by atoms with E-state index in [1.807, 2.05) is 24.3 Å². The predicted octanol–water partition coefficient (Wildman–Crippen LogP) is 2.41. The van der Waals surface area contributed by atoms with E-state index in [1.165, 1.54) is 7.11 Å². The third kappa shape index (κ3) is 4.64. The maximum absolute atomic E-state index is 12.2. The summed E-state index contributed by atoms with van der Waals surface area (Å²) >= 11 is 3.41. The Hall–Kier alpha value is -2.22. The van der Waals surface area contributed by atoms with Gasteiger partial charge in [0.2, 0.25) is 0 Å². The van der Waals surface area contributed by atoms with Gasteiger partial charge < -0.3 is 10.1 Å². The number of carbonyl (C=O) groups is 2. The summed E-state index contributed by atoms with van der Waals surface area (Å²) in [6.07, 6.45) is 1.71. The number of methoxy groups -OCH3 is 1. The van der Waals surface area contributed by atoms with Gasteiger partial charge in [-0.1, -0.05) is 27.2 Å². The molecule has 0 aliphatic carbocycles. The molecule has 0 spiro atoms. The molecule has 0 fully saturated rings. The number of carbonyl (C=O) groups excluding carboxylic acids is 2. The lowest BCUT2D eigenvalue weighted by molar-refractivity contribution is -0.140. The smallest absolute Gasteiger partial charge is 0.305 e. The number of amides is 1. The number of halogens is 1. The van der Waals surface area contributed by atoms with Crippen LogP contribution in [0.3, 0.4) is 0 Å². The number of rotatable bonds is 7. The topological polar surface area (TPSA) is 86.1 Å². The molecule has 1 heterocycles. The van der Waals surface area contributed by atoms with Crippen molar-refractivity contribution in [3.63, 3.8) is 0 Å². The van der Waals surface area contributed by atoms with Crippen LogP contribution in [0.5, 0.6) is 0 Å². The summed E-state index contributed by atoms with van der Waals surface area (Å²) < 4.78 is 7.11. The second-order valence-electron chi connectivity index (χ2n) is 5.20. The Morgan fingerprint density at radius 2 is 2.12 bits per heavy atom. The summed E-state index contributed by atoms with van der Waals surface area (Å²) in [6.45, 7) is 2.27. The van der Waals surface area contributed by atoms with E-state index in [2.05, 4.69) is 36.3 Å². The number of nitrogens with one attached hydrogen (secondary N) is 1. The molecular formula is C16H19BrN4O3. The number of benzene rings is 1. The summed E-state index contributed by atoms with van der Waals surface area (Å²) in [5.74, 6) is -0.513. The first kappa shape index (κ1) is 18.1. The van der Waals surface area contributed by atoms with Crippen LogP contribution in [-0.4, -0.2) is 40.5 Å². The standard InChI is InChI=1S/C16H19BrN4O3/c1-11-15(16(23)18-9-4-3-8-14(22)24-2)19-20-21(11)13-7-5-6-12(17)10-13/h5-7,10H,3-4,8-9H2,1-2H3,(H,18,23). The fourth-order valence-corrected chi connectivity index (χ4v) is 2.56. The van der Waals surface area contributed by atoms with Crippen molar-refractivity contribution < 1.29 is 14.3 Å². The first-order valence-electron chi connectivity index (χ1n) is 7.56. The quantitative estimate of drug-likeness (QED) is 0.575. The van der Waals surface area contributed by atoms with Gasteiger partial charge in [-0.05, 0) is 38.0 Å². The summed E-state index contributed by atoms with van der Waals surface area (Å²) in [4.78, 5) is 23.2. The van der Waals surface area contributed by atoms with Crippen molar-refractivity contribution in [1.82, 2.24) is 20.3 Å². The van der Waals surface area contributed by atoms with Crippen LogP contribution in [0.15, 0.2) is 28.7 Å². The monoisotopic (exact) mass is 394 g/mol. The van der Waals surface area contributed by atoms with Crippen molar-refractivity contribution in [2.75, 3.05) is 13.7 Å². The zero-order valence-electron chi connectivity index (χ0n) is 13.6. The van der Waals surface area contributed by atoms with Gasteiger partial charge in [-0.25, -0.2) is 4.68 Å². The Labute approximate surface area is 148 Å². The Bertz CT molecular complexity index is 730. The van der Waals surface area contributed by atoms with Crippen LogP contribution in [0.1, 0.15) is 35.4 Å². The lowest BCUT2D eigenvalue weighted by Crippen LogP contribution is -2.25. The highest BCUT2D eigenvalue weighted by molar-refractivity contribution is 9.10. The van der Waals surface area contributed by atoms with E-state index in [-0.39, 0.29) is 11.9 Å². The fraction of sp³-hybridized carbons (Fsp3) is 0.375. The van der Waals surface area contributed by atoms with Gasteiger partial charge in [0.15, 0.2) is 5.69 Å². The van der Waals surface area contributed by atoms with E-state index >= 15 is 0 Å². The Morgan fingerprint density at radius 3 is 2.83 bits per heavy atom. The Kier molecular flexibility index (Phi) is 6.48. The highest BCUT2D eigenvalue weighted by Crippen LogP contribution is 2.17. The van der Waals surface area contributed by atoms with Crippen LogP contribution in [0, 0.1) is 6.92 Å². The number of nitrogens with zero attached hydrogens (tertiary/aromatic N) is 3. The first-order chi connectivity index (χ1) is 11.5. The van der Waals surface area contributed by atoms with Crippen LogP contribution in [0.2, 0.25) is 0 Å². The molecule has 0 aliphatic heterocycles. The van der Waals surface area contributed by atoms with Gasteiger partial charge in [-0.15, -0.1) is 5.10 Å². The molecule has 1 N–H and O–H groups in total. The van der Waals surface area contributed by atoms with E-state index in [4.69, 9.17) is 0 Å². The molecule has 2 aromatic rings. The molecule has 1 aromatic heterocycles. The third-order valence-corrected chi connectivity index (χ3v) is 3.98. The molecule has 24 heavy (non-hydrogen) atoms. The molecule has 0 saturated carbocycles. The van der Waals surface area contributed by atoms with Gasteiger partial charge in [0.1, 0.15) is 0 Å². The minimum absolute atomic E-state index is 0.242. The second kappa shape index (κ2) is 8.58. The highest BCUT2D eigenvalue weighted by atomic mass is 79.9. The minimum atomic E-state index is -0.271. The molecule has 0 saturated heterocycles. The van der Waals surface area contributed by atoms with Gasteiger partial charge in [0, 0.05) is 17.4 Å². The number of unbranched alkanes of at least 4 members (excludes halogenated alkanes) is 1. The molecule has 2 rings (SSSR count). The molecule has 0 aliphatic rings. The Morgan fingerprint density at radius 1 is 1.33 bits per heavy atom. The van der Waals surface area contributed by atoms with E-state index in [0.29, 0.717) is 37.2 Å². The minimum Gasteiger partial charge on any atom is -0.469 e. The van der Waals surface area contributed by atoms with Gasteiger partial charge in [-0.3, -0.25) is 9.59 Å². The maximum atomic E-state index is 12.2. The molecule has 128 valence electrons. The van der Waals surface area contributed by atoms with Crippen molar-refractivity contribution in [1.29, 1.82) is 0 Å². The normalized spacial score (nSPS) is 10.5. The average molecular weight is 395 g/mol. The molecule has 8 heteroatoms. The van der Waals surface area contributed by atoms with Crippen molar-refractivity contribution in [2.24, 2.45) is 0 Å². The second-order valence-corrected chi connectivity index (χ2v) is 6.12. The number of aromatic nitrogens is 3. The van der Waals surface area contributed by atoms with Gasteiger partial charge >= 0.3 is 5.97 Å². The van der Waals surface area contributed by atoms with Crippen LogP contribution >= 0.6 is 15.9 Å². The van der Waals surface area contributed by atoms with Gasteiger partial charge in [0.05, 0.1) is 18.5 Å². The number of ether oxygens (including phenoxy) is 1. The maximum Gasteiger partial charge on any atom is 0.305 e. The van der Waals surface area contributed by atoms with Gasteiger partial charge in [-0.2, -0.15) is 0 Å². The molecule has 7 nitrogen and oxygen atoms in total. The van der Waals surface area contributed by atoms with Crippen molar-refractivity contribution in [3.8, 4) is 5.69 Å². The number of hydrogen-bond donors (Lipinski definition) is 1. The van der Waals surface area contributed by atoms with E-state index in [0.717, 1.165) is 10.2 Å². The molecule has 1 aromatic carbocycles.